The van der Waals surface area contributed by atoms with E-state index in [1.165, 1.54) is 17.4 Å². The van der Waals surface area contributed by atoms with Gasteiger partial charge >= 0.3 is 0 Å². The lowest BCUT2D eigenvalue weighted by Gasteiger charge is -2.12. The first-order valence-electron chi connectivity index (χ1n) is 8.54. The van der Waals surface area contributed by atoms with Crippen LogP contribution in [0.2, 0.25) is 0 Å². The number of hydrogen-bond acceptors (Lipinski definition) is 4. The Morgan fingerprint density at radius 1 is 1.12 bits per heavy atom. The number of benzene rings is 1. The van der Waals surface area contributed by atoms with Gasteiger partial charge in [0.25, 0.3) is 5.91 Å². The van der Waals surface area contributed by atoms with Crippen LogP contribution in [-0.4, -0.2) is 26.5 Å². The van der Waals surface area contributed by atoms with Gasteiger partial charge in [-0.25, -0.2) is 9.50 Å². The molecule has 5 rings (SSSR count). The molecular weight excluding hydrogens is 328 g/mol. The number of hydrogen-bond donors (Lipinski definition) is 1. The monoisotopic (exact) mass is 344 g/mol. The smallest absolute Gasteiger partial charge is 0.270 e. The molecule has 0 unspecified atom stereocenters. The van der Waals surface area contributed by atoms with Gasteiger partial charge in [-0.3, -0.25) is 4.79 Å². The van der Waals surface area contributed by atoms with Crippen LogP contribution in [0.3, 0.4) is 0 Å². The minimum absolute atomic E-state index is 0.108. The van der Waals surface area contributed by atoms with Crippen LogP contribution in [0.1, 0.15) is 21.6 Å². The normalized spacial score (nSPS) is 13.8. The summed E-state index contributed by atoms with van der Waals surface area (Å²) in [5.74, 6) is 0.360. The van der Waals surface area contributed by atoms with Gasteiger partial charge in [0, 0.05) is 6.04 Å². The average Bonchev–Trinajstić information content (AvgIpc) is 3.39. The van der Waals surface area contributed by atoms with E-state index in [0.717, 1.165) is 23.9 Å². The minimum atomic E-state index is -0.129. The summed E-state index contributed by atoms with van der Waals surface area (Å²) < 4.78 is 7.00. The van der Waals surface area contributed by atoms with Crippen molar-refractivity contribution in [3.05, 3.63) is 77.9 Å². The second-order valence-corrected chi connectivity index (χ2v) is 6.45. The fourth-order valence-electron chi connectivity index (χ4n) is 3.62. The van der Waals surface area contributed by atoms with E-state index in [4.69, 9.17) is 4.42 Å². The maximum Gasteiger partial charge on any atom is 0.270 e. The zero-order chi connectivity index (χ0) is 17.5. The van der Waals surface area contributed by atoms with Crippen molar-refractivity contribution in [3.63, 3.8) is 0 Å². The molecule has 0 aliphatic heterocycles. The maximum absolute atomic E-state index is 12.9. The quantitative estimate of drug-likeness (QED) is 0.620. The van der Waals surface area contributed by atoms with Crippen LogP contribution in [0.15, 0.2) is 65.5 Å². The van der Waals surface area contributed by atoms with Gasteiger partial charge in [-0.1, -0.05) is 30.3 Å². The molecule has 1 aromatic carbocycles. The average molecular weight is 344 g/mol. The van der Waals surface area contributed by atoms with Gasteiger partial charge in [0.15, 0.2) is 0 Å². The molecule has 0 spiro atoms. The van der Waals surface area contributed by atoms with Gasteiger partial charge < -0.3 is 9.73 Å². The third-order valence-corrected chi connectivity index (χ3v) is 4.82. The molecule has 1 amide bonds. The molecule has 6 heteroatoms. The van der Waals surface area contributed by atoms with Crippen LogP contribution >= 0.6 is 0 Å². The number of fused-ring (bicyclic) bond motifs is 2. The van der Waals surface area contributed by atoms with Gasteiger partial charge in [0.05, 0.1) is 23.5 Å². The highest BCUT2D eigenvalue weighted by Crippen LogP contribution is 2.24. The molecule has 3 aromatic heterocycles. The van der Waals surface area contributed by atoms with E-state index in [1.807, 2.05) is 24.3 Å². The SMILES string of the molecule is O=C(NC1Cc2ccccc2C1)c1cccc2c(-c3ncco3)cnn12. The van der Waals surface area contributed by atoms with Gasteiger partial charge in [-0.2, -0.15) is 5.10 Å². The number of nitrogens with one attached hydrogen (secondary N) is 1. The summed E-state index contributed by atoms with van der Waals surface area (Å²) in [6.07, 6.45) is 6.50. The lowest BCUT2D eigenvalue weighted by molar-refractivity contribution is 0.0931. The van der Waals surface area contributed by atoms with E-state index in [2.05, 4.69) is 27.5 Å². The first-order valence-corrected chi connectivity index (χ1v) is 8.54. The molecule has 3 heterocycles. The highest BCUT2D eigenvalue weighted by atomic mass is 16.3. The minimum Gasteiger partial charge on any atom is -0.444 e. The van der Waals surface area contributed by atoms with Crippen molar-refractivity contribution in [2.24, 2.45) is 0 Å². The largest absolute Gasteiger partial charge is 0.444 e. The highest BCUT2D eigenvalue weighted by Gasteiger charge is 2.24. The molecule has 0 saturated heterocycles. The number of rotatable bonds is 3. The standard InChI is InChI=1S/C20H16N4O2/c25-19(23-15-10-13-4-1-2-5-14(13)11-15)18-7-3-6-17-16(12-22-24(17)18)20-21-8-9-26-20/h1-9,12,15H,10-11H2,(H,23,25). The molecule has 1 aliphatic rings. The molecule has 0 fully saturated rings. The number of aromatic nitrogens is 3. The van der Waals surface area contributed by atoms with Gasteiger partial charge in [0.2, 0.25) is 5.89 Å². The fraction of sp³-hybridized carbons (Fsp3) is 0.150. The highest BCUT2D eigenvalue weighted by molar-refractivity contribution is 5.94. The van der Waals surface area contributed by atoms with Crippen LogP contribution < -0.4 is 5.32 Å². The lowest BCUT2D eigenvalue weighted by atomic mass is 10.1. The molecule has 4 aromatic rings. The Balaban J connectivity index is 1.44. The molecule has 26 heavy (non-hydrogen) atoms. The molecule has 0 atom stereocenters. The molecule has 0 saturated carbocycles. The Kier molecular flexibility index (Phi) is 3.35. The van der Waals surface area contributed by atoms with E-state index in [1.54, 1.807) is 23.0 Å². The first kappa shape index (κ1) is 14.9. The molecule has 1 aliphatic carbocycles. The van der Waals surface area contributed by atoms with E-state index in [9.17, 15) is 4.79 Å². The number of amides is 1. The Bertz CT molecular complexity index is 1070. The Morgan fingerprint density at radius 3 is 2.65 bits per heavy atom. The first-order chi connectivity index (χ1) is 12.8. The summed E-state index contributed by atoms with van der Waals surface area (Å²) >= 11 is 0. The Morgan fingerprint density at radius 2 is 1.92 bits per heavy atom. The molecule has 128 valence electrons. The van der Waals surface area contributed by atoms with Crippen LogP contribution in [-0.2, 0) is 12.8 Å². The summed E-state index contributed by atoms with van der Waals surface area (Å²) in [6, 6.07) is 14.0. The van der Waals surface area contributed by atoms with E-state index in [0.29, 0.717) is 11.6 Å². The van der Waals surface area contributed by atoms with Crippen LogP contribution in [0.5, 0.6) is 0 Å². The number of carbonyl (C=O) groups is 1. The van der Waals surface area contributed by atoms with Crippen molar-refractivity contribution in [3.8, 4) is 11.5 Å². The van der Waals surface area contributed by atoms with Crippen molar-refractivity contribution in [2.45, 2.75) is 18.9 Å². The van der Waals surface area contributed by atoms with Gasteiger partial charge in [0.1, 0.15) is 12.0 Å². The fourth-order valence-corrected chi connectivity index (χ4v) is 3.62. The molecule has 0 bridgehead atoms. The van der Waals surface area contributed by atoms with E-state index in [-0.39, 0.29) is 11.9 Å². The second-order valence-electron chi connectivity index (χ2n) is 6.45. The van der Waals surface area contributed by atoms with Gasteiger partial charge in [-0.15, -0.1) is 0 Å². The van der Waals surface area contributed by atoms with Gasteiger partial charge in [-0.05, 0) is 36.1 Å². The van der Waals surface area contributed by atoms with Crippen molar-refractivity contribution >= 4 is 11.4 Å². The topological polar surface area (TPSA) is 72.4 Å². The molecular formula is C20H16N4O2. The second kappa shape index (κ2) is 5.84. The Labute approximate surface area is 149 Å². The molecule has 1 N–H and O–H groups in total. The van der Waals surface area contributed by atoms with Crippen molar-refractivity contribution in [1.82, 2.24) is 19.9 Å². The zero-order valence-corrected chi connectivity index (χ0v) is 13.9. The maximum atomic E-state index is 12.9. The van der Waals surface area contributed by atoms with E-state index < -0.39 is 0 Å². The number of carbonyl (C=O) groups excluding carboxylic acids is 1. The van der Waals surface area contributed by atoms with Crippen LogP contribution in [0.4, 0.5) is 0 Å². The van der Waals surface area contributed by atoms with Crippen LogP contribution in [0, 0.1) is 0 Å². The summed E-state index contributed by atoms with van der Waals surface area (Å²) in [6.45, 7) is 0. The molecule has 6 nitrogen and oxygen atoms in total. The predicted molar refractivity (Wildman–Crippen MR) is 95.8 cm³/mol. The van der Waals surface area contributed by atoms with E-state index >= 15 is 0 Å². The summed E-state index contributed by atoms with van der Waals surface area (Å²) in [5.41, 5.74) is 4.66. The number of pyridine rings is 1. The number of oxazole rings is 1. The summed E-state index contributed by atoms with van der Waals surface area (Å²) in [7, 11) is 0. The third kappa shape index (κ3) is 2.38. The van der Waals surface area contributed by atoms with Crippen molar-refractivity contribution in [2.75, 3.05) is 0 Å². The third-order valence-electron chi connectivity index (χ3n) is 4.82. The summed E-state index contributed by atoms with van der Waals surface area (Å²) in [4.78, 5) is 17.0. The Hall–Kier alpha value is -3.41. The van der Waals surface area contributed by atoms with Crippen LogP contribution in [0.25, 0.3) is 17.0 Å². The van der Waals surface area contributed by atoms with Crippen molar-refractivity contribution in [1.29, 1.82) is 0 Å². The lowest BCUT2D eigenvalue weighted by Crippen LogP contribution is -2.36. The summed E-state index contributed by atoms with van der Waals surface area (Å²) in [5, 5.41) is 7.50. The molecule has 0 radical (unpaired) electrons. The number of nitrogens with zero attached hydrogens (tertiary/aromatic N) is 3. The predicted octanol–water partition coefficient (Wildman–Crippen LogP) is 2.89. The zero-order valence-electron chi connectivity index (χ0n) is 13.9. The van der Waals surface area contributed by atoms with Crippen molar-refractivity contribution < 1.29 is 9.21 Å².